The van der Waals surface area contributed by atoms with Crippen molar-refractivity contribution in [1.29, 1.82) is 0 Å². The minimum Gasteiger partial charge on any atom is -0.508 e. The highest BCUT2D eigenvalue weighted by Crippen LogP contribution is 2.25. The lowest BCUT2D eigenvalue weighted by molar-refractivity contribution is -0.274. The van der Waals surface area contributed by atoms with Gasteiger partial charge in [0.25, 0.3) is 0 Å². The van der Waals surface area contributed by atoms with Gasteiger partial charge in [-0.15, -0.1) is 13.2 Å². The van der Waals surface area contributed by atoms with Crippen LogP contribution in [-0.2, 0) is 16.0 Å². The number of alkyl halides is 3. The van der Waals surface area contributed by atoms with Crippen LogP contribution in [0.4, 0.5) is 13.2 Å². The van der Waals surface area contributed by atoms with Gasteiger partial charge in [-0.3, -0.25) is 0 Å². The Morgan fingerprint density at radius 2 is 1.62 bits per heavy atom. The summed E-state index contributed by atoms with van der Waals surface area (Å²) in [5.41, 5.74) is 0.720. The predicted octanol–water partition coefficient (Wildman–Crippen LogP) is 3.84. The summed E-state index contributed by atoms with van der Waals surface area (Å²) in [6.45, 7) is 1.81. The van der Waals surface area contributed by atoms with Crippen LogP contribution in [0.5, 0.6) is 17.2 Å². The third kappa shape index (κ3) is 6.19. The molecule has 140 valence electrons. The Morgan fingerprint density at radius 1 is 1.04 bits per heavy atom. The second-order valence-electron chi connectivity index (χ2n) is 5.25. The monoisotopic (exact) mass is 370 g/mol. The topological polar surface area (TPSA) is 65.0 Å². The van der Waals surface area contributed by atoms with Gasteiger partial charge in [0.2, 0.25) is 0 Å². The minimum atomic E-state index is -4.78. The first-order chi connectivity index (χ1) is 12.3. The molecule has 0 fully saturated rings. The smallest absolute Gasteiger partial charge is 0.508 e. The lowest BCUT2D eigenvalue weighted by Gasteiger charge is -2.18. The summed E-state index contributed by atoms with van der Waals surface area (Å²) in [7, 11) is 0. The molecule has 0 aromatic heterocycles. The van der Waals surface area contributed by atoms with Gasteiger partial charge in [0, 0.05) is 6.42 Å². The molecule has 0 radical (unpaired) electrons. The number of phenols is 1. The molecule has 5 nitrogen and oxygen atoms in total. The number of esters is 1. The van der Waals surface area contributed by atoms with E-state index in [9.17, 15) is 23.1 Å². The van der Waals surface area contributed by atoms with E-state index in [-0.39, 0.29) is 24.5 Å². The van der Waals surface area contributed by atoms with Crippen LogP contribution in [0.2, 0.25) is 0 Å². The van der Waals surface area contributed by atoms with Gasteiger partial charge >= 0.3 is 12.3 Å². The van der Waals surface area contributed by atoms with Crippen LogP contribution < -0.4 is 9.47 Å². The highest BCUT2D eigenvalue weighted by Gasteiger charge is 2.31. The summed E-state index contributed by atoms with van der Waals surface area (Å²) >= 11 is 0. The van der Waals surface area contributed by atoms with Gasteiger partial charge in [-0.25, -0.2) is 4.79 Å². The molecular weight excluding hydrogens is 353 g/mol. The van der Waals surface area contributed by atoms with E-state index in [1.165, 1.54) is 24.3 Å². The fourth-order valence-corrected chi connectivity index (χ4v) is 2.14. The van der Waals surface area contributed by atoms with Gasteiger partial charge in [0.05, 0.1) is 6.61 Å². The van der Waals surface area contributed by atoms with Crippen molar-refractivity contribution >= 4 is 5.97 Å². The second-order valence-corrected chi connectivity index (χ2v) is 5.25. The Labute approximate surface area is 147 Å². The predicted molar refractivity (Wildman–Crippen MR) is 86.0 cm³/mol. The SMILES string of the molecule is CCOC(=O)C(Cc1ccc(O)cc1)Oc1ccc(OC(F)(F)F)cc1. The number of carbonyl (C=O) groups excluding carboxylic acids is 1. The van der Waals surface area contributed by atoms with E-state index < -0.39 is 24.2 Å². The zero-order valence-corrected chi connectivity index (χ0v) is 13.8. The van der Waals surface area contributed by atoms with E-state index in [2.05, 4.69) is 4.74 Å². The molecule has 0 aliphatic heterocycles. The molecule has 8 heteroatoms. The summed E-state index contributed by atoms with van der Waals surface area (Å²) < 4.78 is 50.9. The van der Waals surface area contributed by atoms with E-state index in [1.807, 2.05) is 0 Å². The third-order valence-corrected chi connectivity index (χ3v) is 3.24. The Balaban J connectivity index is 2.10. The van der Waals surface area contributed by atoms with Crippen molar-refractivity contribution in [1.82, 2.24) is 0 Å². The molecule has 1 N–H and O–H groups in total. The standard InChI is InChI=1S/C18H17F3O5/c1-2-24-17(23)16(11-12-3-5-13(22)6-4-12)25-14-7-9-15(10-8-14)26-18(19,20)21/h3-10,16,22H,2,11H2,1H3. The molecular formula is C18H17F3O5. The van der Waals surface area contributed by atoms with Crippen molar-refractivity contribution in [3.05, 3.63) is 54.1 Å². The van der Waals surface area contributed by atoms with Crippen molar-refractivity contribution in [2.24, 2.45) is 0 Å². The van der Waals surface area contributed by atoms with Crippen LogP contribution in [0.1, 0.15) is 12.5 Å². The number of carbonyl (C=O) groups is 1. The molecule has 26 heavy (non-hydrogen) atoms. The Bertz CT molecular complexity index is 711. The quantitative estimate of drug-likeness (QED) is 0.750. The zero-order chi connectivity index (χ0) is 19.2. The number of phenolic OH excluding ortho intramolecular Hbond substituents is 1. The van der Waals surface area contributed by atoms with Crippen molar-refractivity contribution < 1.29 is 37.3 Å². The lowest BCUT2D eigenvalue weighted by atomic mass is 10.1. The minimum absolute atomic E-state index is 0.0857. The van der Waals surface area contributed by atoms with E-state index in [0.29, 0.717) is 0 Å². The second kappa shape index (κ2) is 8.46. The molecule has 2 aromatic carbocycles. The summed E-state index contributed by atoms with van der Waals surface area (Å²) in [6, 6.07) is 10.9. The number of halogens is 3. The summed E-state index contributed by atoms with van der Waals surface area (Å²) in [5.74, 6) is -0.716. The van der Waals surface area contributed by atoms with Crippen LogP contribution in [0.3, 0.4) is 0 Å². The molecule has 0 aliphatic rings. The molecule has 2 aromatic rings. The van der Waals surface area contributed by atoms with Gasteiger partial charge in [0.15, 0.2) is 6.10 Å². The van der Waals surface area contributed by atoms with Gasteiger partial charge in [-0.1, -0.05) is 12.1 Å². The van der Waals surface area contributed by atoms with E-state index in [4.69, 9.17) is 9.47 Å². The number of aromatic hydroxyl groups is 1. The normalized spacial score (nSPS) is 12.3. The van der Waals surface area contributed by atoms with Crippen LogP contribution in [0.15, 0.2) is 48.5 Å². The zero-order valence-electron chi connectivity index (χ0n) is 13.8. The number of benzene rings is 2. The molecule has 1 unspecified atom stereocenters. The maximum Gasteiger partial charge on any atom is 0.573 e. The van der Waals surface area contributed by atoms with E-state index in [1.54, 1.807) is 19.1 Å². The van der Waals surface area contributed by atoms with Crippen LogP contribution in [0, 0.1) is 0 Å². The maximum atomic E-state index is 12.2. The molecule has 1 atom stereocenters. The van der Waals surface area contributed by atoms with Crippen molar-refractivity contribution in [3.63, 3.8) is 0 Å². The molecule has 0 spiro atoms. The van der Waals surface area contributed by atoms with Crippen molar-refractivity contribution in [2.75, 3.05) is 6.61 Å². The molecule has 0 amide bonds. The summed E-state index contributed by atoms with van der Waals surface area (Å²) in [6.07, 6.45) is -5.61. The van der Waals surface area contributed by atoms with E-state index >= 15 is 0 Å². The largest absolute Gasteiger partial charge is 0.573 e. The Morgan fingerprint density at radius 3 is 2.15 bits per heavy atom. The average Bonchev–Trinajstić information content (AvgIpc) is 2.57. The molecule has 0 bridgehead atoms. The average molecular weight is 370 g/mol. The molecule has 0 saturated heterocycles. The van der Waals surface area contributed by atoms with Gasteiger partial charge in [0.1, 0.15) is 17.2 Å². The van der Waals surface area contributed by atoms with Crippen LogP contribution in [-0.4, -0.2) is 30.1 Å². The third-order valence-electron chi connectivity index (χ3n) is 3.24. The number of hydrogen-bond donors (Lipinski definition) is 1. The fourth-order valence-electron chi connectivity index (χ4n) is 2.14. The number of hydrogen-bond acceptors (Lipinski definition) is 5. The summed E-state index contributed by atoms with van der Waals surface area (Å²) in [4.78, 5) is 12.1. The summed E-state index contributed by atoms with van der Waals surface area (Å²) in [5, 5.41) is 9.31. The van der Waals surface area contributed by atoms with Gasteiger partial charge in [-0.2, -0.15) is 0 Å². The first kappa shape index (κ1) is 19.4. The Hall–Kier alpha value is -2.90. The molecule has 0 aliphatic carbocycles. The molecule has 0 saturated carbocycles. The number of ether oxygens (including phenoxy) is 3. The lowest BCUT2D eigenvalue weighted by Crippen LogP contribution is -2.31. The van der Waals surface area contributed by atoms with Crippen LogP contribution in [0.25, 0.3) is 0 Å². The molecule has 2 rings (SSSR count). The number of rotatable bonds is 7. The maximum absolute atomic E-state index is 12.2. The van der Waals surface area contributed by atoms with E-state index in [0.717, 1.165) is 17.7 Å². The highest BCUT2D eigenvalue weighted by atomic mass is 19.4. The van der Waals surface area contributed by atoms with Crippen molar-refractivity contribution in [3.8, 4) is 17.2 Å². The van der Waals surface area contributed by atoms with Gasteiger partial charge in [-0.05, 0) is 48.9 Å². The first-order valence-corrected chi connectivity index (χ1v) is 7.74. The van der Waals surface area contributed by atoms with Gasteiger partial charge < -0.3 is 19.3 Å². The fraction of sp³-hybridized carbons (Fsp3) is 0.278. The molecule has 0 heterocycles. The Kier molecular flexibility index (Phi) is 6.32. The highest BCUT2D eigenvalue weighted by molar-refractivity contribution is 5.75. The first-order valence-electron chi connectivity index (χ1n) is 7.74. The van der Waals surface area contributed by atoms with Crippen LogP contribution >= 0.6 is 0 Å². The van der Waals surface area contributed by atoms with Crippen molar-refractivity contribution in [2.45, 2.75) is 25.8 Å².